The fourth-order valence-electron chi connectivity index (χ4n) is 2.60. The molecule has 0 aliphatic rings. The normalized spacial score (nSPS) is 12.8. The predicted molar refractivity (Wildman–Crippen MR) is 127 cm³/mol. The first-order valence-electron chi connectivity index (χ1n) is 9.51. The van der Waals surface area contributed by atoms with Crippen molar-refractivity contribution in [3.63, 3.8) is 0 Å². The number of nitrogens with zero attached hydrogens (tertiary/aromatic N) is 3. The molecular weight excluding hydrogens is 544 g/mol. The Morgan fingerprint density at radius 2 is 2.03 bits per heavy atom. The van der Waals surface area contributed by atoms with Gasteiger partial charge in [0.15, 0.2) is 5.96 Å². The first-order chi connectivity index (χ1) is 14.3. The van der Waals surface area contributed by atoms with Crippen molar-refractivity contribution in [3.8, 4) is 5.75 Å². The number of halogens is 4. The van der Waals surface area contributed by atoms with Crippen LogP contribution in [0.3, 0.4) is 0 Å². The number of thiazole rings is 1. The lowest BCUT2D eigenvalue weighted by Gasteiger charge is -2.21. The summed E-state index contributed by atoms with van der Waals surface area (Å²) < 4.78 is 49.7. The Hall–Kier alpha value is -1.60. The van der Waals surface area contributed by atoms with Gasteiger partial charge in [0.25, 0.3) is 0 Å². The van der Waals surface area contributed by atoms with Gasteiger partial charge in [-0.25, -0.2) is 9.98 Å². The molecular formula is C20H28F3IN4O2S. The molecule has 2 rings (SSSR count). The van der Waals surface area contributed by atoms with E-state index in [0.29, 0.717) is 19.0 Å². The Kier molecular flexibility index (Phi) is 11.6. The summed E-state index contributed by atoms with van der Waals surface area (Å²) in [6.45, 7) is 5.32. The largest absolute Gasteiger partial charge is 0.491 e. The summed E-state index contributed by atoms with van der Waals surface area (Å²) in [4.78, 5) is 10.9. The highest BCUT2D eigenvalue weighted by molar-refractivity contribution is 14.0. The van der Waals surface area contributed by atoms with E-state index in [4.69, 9.17) is 9.47 Å². The first kappa shape index (κ1) is 27.4. The molecule has 0 amide bonds. The van der Waals surface area contributed by atoms with E-state index in [9.17, 15) is 13.2 Å². The molecule has 1 N–H and O–H groups in total. The van der Waals surface area contributed by atoms with Crippen LogP contribution in [-0.2, 0) is 17.5 Å². The summed E-state index contributed by atoms with van der Waals surface area (Å²) in [5, 5.41) is 6.05. The Balaban J connectivity index is 0.00000480. The molecule has 0 radical (unpaired) electrons. The Bertz CT molecular complexity index is 833. The summed E-state index contributed by atoms with van der Waals surface area (Å²) in [5.74, 6) is 0.431. The molecule has 2 aromatic rings. The molecule has 0 aliphatic heterocycles. The number of hydrogen-bond donors (Lipinski definition) is 1. The van der Waals surface area contributed by atoms with Crippen molar-refractivity contribution < 1.29 is 22.6 Å². The average Bonchev–Trinajstić information content (AvgIpc) is 3.17. The molecule has 1 aromatic carbocycles. The van der Waals surface area contributed by atoms with Crippen LogP contribution in [0.15, 0.2) is 34.6 Å². The molecule has 1 aromatic heterocycles. The van der Waals surface area contributed by atoms with E-state index < -0.39 is 11.7 Å². The van der Waals surface area contributed by atoms with Crippen molar-refractivity contribution in [1.82, 2.24) is 15.2 Å². The molecule has 174 valence electrons. The highest BCUT2D eigenvalue weighted by Crippen LogP contribution is 2.35. The monoisotopic (exact) mass is 572 g/mol. The third-order valence-electron chi connectivity index (χ3n) is 4.17. The van der Waals surface area contributed by atoms with E-state index in [2.05, 4.69) is 15.3 Å². The zero-order valence-corrected chi connectivity index (χ0v) is 21.0. The first-order valence-corrected chi connectivity index (χ1v) is 10.4. The molecule has 0 spiro atoms. The minimum atomic E-state index is -4.46. The summed E-state index contributed by atoms with van der Waals surface area (Å²) >= 11 is 1.54. The quantitative estimate of drug-likeness (QED) is 0.199. The Morgan fingerprint density at radius 3 is 2.68 bits per heavy atom. The fraction of sp³-hybridized carbons (Fsp3) is 0.500. The van der Waals surface area contributed by atoms with Crippen LogP contribution in [0, 0.1) is 0 Å². The number of rotatable bonds is 9. The van der Waals surface area contributed by atoms with Crippen molar-refractivity contribution in [2.45, 2.75) is 32.7 Å². The van der Waals surface area contributed by atoms with Crippen LogP contribution in [0.4, 0.5) is 13.2 Å². The van der Waals surface area contributed by atoms with Gasteiger partial charge in [-0.05, 0) is 26.0 Å². The van der Waals surface area contributed by atoms with E-state index in [1.807, 2.05) is 31.2 Å². The number of guanidine groups is 1. The van der Waals surface area contributed by atoms with Crippen molar-refractivity contribution in [2.75, 3.05) is 33.9 Å². The smallest absolute Gasteiger partial charge is 0.419 e. The number of benzene rings is 1. The van der Waals surface area contributed by atoms with Crippen LogP contribution >= 0.6 is 35.3 Å². The lowest BCUT2D eigenvalue weighted by atomic mass is 10.2. The SMILES string of the molecule is CCNC(=NCCOc1ccccc1C(F)(F)F)N(C)Cc1csc(C(C)OC)n1.I. The molecule has 1 atom stereocenters. The van der Waals surface area contributed by atoms with Crippen LogP contribution in [-0.4, -0.2) is 49.7 Å². The second-order valence-corrected chi connectivity index (χ2v) is 7.38. The molecule has 0 aliphatic carbocycles. The van der Waals surface area contributed by atoms with Crippen molar-refractivity contribution >= 4 is 41.3 Å². The summed E-state index contributed by atoms with van der Waals surface area (Å²) in [6, 6.07) is 5.16. The molecule has 0 saturated carbocycles. The van der Waals surface area contributed by atoms with Crippen LogP contribution in [0.2, 0.25) is 0 Å². The topological polar surface area (TPSA) is 59.0 Å². The van der Waals surface area contributed by atoms with Gasteiger partial charge in [-0.15, -0.1) is 35.3 Å². The maximum atomic E-state index is 13.0. The standard InChI is InChI=1S/C20H27F3N4O2S.HI/c1-5-24-19(27(3)12-15-13-30-18(26-15)14(2)28-4)25-10-11-29-17-9-7-6-8-16(17)20(21,22)23;/h6-9,13-14H,5,10-12H2,1-4H3,(H,24,25);1H. The number of para-hydroxylation sites is 1. The average molecular weight is 572 g/mol. The van der Waals surface area contributed by atoms with E-state index in [1.54, 1.807) is 7.11 Å². The van der Waals surface area contributed by atoms with E-state index in [1.165, 1.54) is 29.5 Å². The van der Waals surface area contributed by atoms with Gasteiger partial charge < -0.3 is 19.7 Å². The number of aromatic nitrogens is 1. The van der Waals surface area contributed by atoms with Crippen LogP contribution in [0.1, 0.15) is 36.2 Å². The predicted octanol–water partition coefficient (Wildman–Crippen LogP) is 4.96. The number of alkyl halides is 3. The molecule has 0 fully saturated rings. The highest BCUT2D eigenvalue weighted by Gasteiger charge is 2.33. The van der Waals surface area contributed by atoms with Crippen LogP contribution < -0.4 is 10.1 Å². The number of nitrogens with one attached hydrogen (secondary N) is 1. The number of methoxy groups -OCH3 is 1. The molecule has 1 unspecified atom stereocenters. The van der Waals surface area contributed by atoms with Crippen LogP contribution in [0.25, 0.3) is 0 Å². The maximum Gasteiger partial charge on any atom is 0.419 e. The van der Waals surface area contributed by atoms with Crippen molar-refractivity contribution in [2.24, 2.45) is 4.99 Å². The minimum absolute atomic E-state index is 0. The van der Waals surface area contributed by atoms with Gasteiger partial charge in [0.1, 0.15) is 23.5 Å². The molecule has 1 heterocycles. The Labute approximate surface area is 201 Å². The summed E-state index contributed by atoms with van der Waals surface area (Å²) in [5.41, 5.74) is 0.102. The van der Waals surface area contributed by atoms with E-state index in [0.717, 1.165) is 16.8 Å². The molecule has 31 heavy (non-hydrogen) atoms. The lowest BCUT2D eigenvalue weighted by molar-refractivity contribution is -0.138. The van der Waals surface area contributed by atoms with Gasteiger partial charge in [-0.2, -0.15) is 13.2 Å². The Morgan fingerprint density at radius 1 is 1.32 bits per heavy atom. The number of hydrogen-bond acceptors (Lipinski definition) is 5. The molecule has 0 saturated heterocycles. The lowest BCUT2D eigenvalue weighted by Crippen LogP contribution is -2.38. The van der Waals surface area contributed by atoms with Gasteiger partial charge in [0.05, 0.1) is 24.3 Å². The van der Waals surface area contributed by atoms with Gasteiger partial charge in [0.2, 0.25) is 0 Å². The van der Waals surface area contributed by atoms with Gasteiger partial charge in [-0.3, -0.25) is 0 Å². The van der Waals surface area contributed by atoms with E-state index >= 15 is 0 Å². The maximum absolute atomic E-state index is 13.0. The summed E-state index contributed by atoms with van der Waals surface area (Å²) in [6.07, 6.45) is -4.52. The molecule has 0 bridgehead atoms. The summed E-state index contributed by atoms with van der Waals surface area (Å²) in [7, 11) is 3.52. The fourth-order valence-corrected chi connectivity index (χ4v) is 3.45. The minimum Gasteiger partial charge on any atom is -0.491 e. The second kappa shape index (κ2) is 13.1. The molecule has 6 nitrogen and oxygen atoms in total. The van der Waals surface area contributed by atoms with Crippen molar-refractivity contribution in [3.05, 3.63) is 45.9 Å². The van der Waals surface area contributed by atoms with Gasteiger partial charge in [-0.1, -0.05) is 12.1 Å². The highest BCUT2D eigenvalue weighted by atomic mass is 127. The van der Waals surface area contributed by atoms with Crippen LogP contribution in [0.5, 0.6) is 5.75 Å². The van der Waals surface area contributed by atoms with Gasteiger partial charge in [0, 0.05) is 26.1 Å². The number of ether oxygens (including phenoxy) is 2. The van der Waals surface area contributed by atoms with E-state index in [-0.39, 0.29) is 49.0 Å². The zero-order chi connectivity index (χ0) is 22.1. The zero-order valence-electron chi connectivity index (χ0n) is 17.9. The third-order valence-corrected chi connectivity index (χ3v) is 5.22. The third kappa shape index (κ3) is 8.45. The van der Waals surface area contributed by atoms with Gasteiger partial charge >= 0.3 is 6.18 Å². The molecule has 11 heteroatoms. The van der Waals surface area contributed by atoms with Crippen molar-refractivity contribution in [1.29, 1.82) is 0 Å². The second-order valence-electron chi connectivity index (χ2n) is 6.49. The number of aliphatic imine (C=N–C) groups is 1.